The fourth-order valence-corrected chi connectivity index (χ4v) is 5.52. The van der Waals surface area contributed by atoms with Crippen LogP contribution in [0.2, 0.25) is 0 Å². The number of rotatable bonds is 5. The van der Waals surface area contributed by atoms with Crippen LogP contribution in [0.3, 0.4) is 0 Å². The van der Waals surface area contributed by atoms with Crippen LogP contribution < -0.4 is 15.5 Å². The van der Waals surface area contributed by atoms with Crippen molar-refractivity contribution in [3.63, 3.8) is 0 Å². The first kappa shape index (κ1) is 25.1. The number of piperidine rings is 1. The number of hydrogen-bond donors (Lipinski definition) is 2. The molecule has 2 aliphatic rings. The lowest BCUT2D eigenvalue weighted by Gasteiger charge is -2.21. The normalized spacial score (nSPS) is 15.2. The third kappa shape index (κ3) is 6.35. The third-order valence-corrected chi connectivity index (χ3v) is 7.66. The highest BCUT2D eigenvalue weighted by Gasteiger charge is 2.20. The molecule has 0 saturated carbocycles. The Bertz CT molecular complexity index is 1180. The van der Waals surface area contributed by atoms with E-state index >= 15 is 0 Å². The van der Waals surface area contributed by atoms with Crippen LogP contribution in [-0.4, -0.2) is 43.9 Å². The van der Waals surface area contributed by atoms with Gasteiger partial charge >= 0.3 is 0 Å². The fraction of sp³-hybridized carbons (Fsp3) is 0.393. The van der Waals surface area contributed by atoms with E-state index in [1.165, 1.54) is 11.3 Å². The predicted molar refractivity (Wildman–Crippen MR) is 145 cm³/mol. The van der Waals surface area contributed by atoms with E-state index in [4.69, 9.17) is 4.98 Å². The maximum absolute atomic E-state index is 12.4. The summed E-state index contributed by atoms with van der Waals surface area (Å²) < 4.78 is 0. The molecule has 0 spiro atoms. The standard InChI is InChI=1S/C20H26N4OS.C8H8O/c1-13-19(16-3-4-17-15(12-16)7-10-24(17)2)23-20(26-13)22-18(25)11-14-5-8-21-9-6-14;1-7-4-2-3-5-8(7)6-9/h3-4,12,14,21H,5-11H2,1-2H3,(H,22,23,25);2-6H,1H3. The molecule has 7 heteroatoms. The molecule has 0 radical (unpaired) electrons. The summed E-state index contributed by atoms with van der Waals surface area (Å²) in [7, 11) is 2.13. The van der Waals surface area contributed by atoms with E-state index in [1.807, 2.05) is 31.2 Å². The first-order valence-corrected chi connectivity index (χ1v) is 13.1. The monoisotopic (exact) mass is 490 g/mol. The Morgan fingerprint density at radius 2 is 1.97 bits per heavy atom. The van der Waals surface area contributed by atoms with Gasteiger partial charge in [-0.1, -0.05) is 30.3 Å². The molecule has 0 atom stereocenters. The average Bonchev–Trinajstić information content (AvgIpc) is 3.41. The van der Waals surface area contributed by atoms with Gasteiger partial charge in [0.2, 0.25) is 5.91 Å². The van der Waals surface area contributed by atoms with Crippen molar-refractivity contribution in [2.45, 2.75) is 39.5 Å². The van der Waals surface area contributed by atoms with E-state index in [-0.39, 0.29) is 5.91 Å². The first-order valence-electron chi connectivity index (χ1n) is 12.3. The van der Waals surface area contributed by atoms with Crippen LogP contribution in [-0.2, 0) is 11.2 Å². The molecule has 6 nitrogen and oxygen atoms in total. The van der Waals surface area contributed by atoms with Gasteiger partial charge in [-0.25, -0.2) is 4.98 Å². The van der Waals surface area contributed by atoms with Gasteiger partial charge in [-0.2, -0.15) is 0 Å². The second kappa shape index (κ2) is 11.6. The van der Waals surface area contributed by atoms with Gasteiger partial charge < -0.3 is 15.5 Å². The van der Waals surface area contributed by atoms with Crippen molar-refractivity contribution in [3.8, 4) is 11.3 Å². The number of likely N-dealkylation sites (N-methyl/N-ethyl adjacent to an activating group) is 1. The van der Waals surface area contributed by atoms with Crippen molar-refractivity contribution < 1.29 is 9.59 Å². The van der Waals surface area contributed by atoms with E-state index in [9.17, 15) is 9.59 Å². The number of fused-ring (bicyclic) bond motifs is 1. The summed E-state index contributed by atoms with van der Waals surface area (Å²) in [4.78, 5) is 30.7. The summed E-state index contributed by atoms with van der Waals surface area (Å²) in [5.41, 5.74) is 6.65. The molecule has 0 bridgehead atoms. The number of anilines is 2. The number of amides is 1. The van der Waals surface area contributed by atoms with Crippen LogP contribution in [0.5, 0.6) is 0 Å². The summed E-state index contributed by atoms with van der Waals surface area (Å²) in [5, 5.41) is 7.08. The van der Waals surface area contributed by atoms with Gasteiger partial charge in [0.15, 0.2) is 5.13 Å². The molecular weight excluding hydrogens is 456 g/mol. The van der Waals surface area contributed by atoms with Crippen LogP contribution in [0.25, 0.3) is 11.3 Å². The lowest BCUT2D eigenvalue weighted by atomic mass is 9.94. The lowest BCUT2D eigenvalue weighted by Crippen LogP contribution is -2.30. The molecule has 1 aromatic heterocycles. The van der Waals surface area contributed by atoms with E-state index in [0.717, 1.165) is 72.4 Å². The van der Waals surface area contributed by atoms with Gasteiger partial charge in [-0.15, -0.1) is 11.3 Å². The summed E-state index contributed by atoms with van der Waals surface area (Å²) >= 11 is 1.57. The summed E-state index contributed by atoms with van der Waals surface area (Å²) in [6, 6.07) is 14.1. The summed E-state index contributed by atoms with van der Waals surface area (Å²) in [6.45, 7) is 7.11. The molecule has 1 saturated heterocycles. The van der Waals surface area contributed by atoms with Gasteiger partial charge in [0, 0.05) is 41.7 Å². The smallest absolute Gasteiger partial charge is 0.226 e. The van der Waals surface area contributed by atoms with Gasteiger partial charge in [-0.05, 0) is 75.4 Å². The van der Waals surface area contributed by atoms with Gasteiger partial charge in [-0.3, -0.25) is 9.59 Å². The SMILES string of the molecule is Cc1ccccc1C=O.Cc1sc(NC(=O)CC2CCNCC2)nc1-c1ccc2c(c1)CCN2C. The van der Waals surface area contributed by atoms with E-state index < -0.39 is 0 Å². The van der Waals surface area contributed by atoms with Crippen molar-refractivity contribution in [1.82, 2.24) is 10.3 Å². The van der Waals surface area contributed by atoms with Crippen molar-refractivity contribution in [2.24, 2.45) is 5.92 Å². The predicted octanol–water partition coefficient (Wildman–Crippen LogP) is 5.25. The quantitative estimate of drug-likeness (QED) is 0.478. The lowest BCUT2D eigenvalue weighted by molar-refractivity contribution is -0.117. The Balaban J connectivity index is 0.000000271. The summed E-state index contributed by atoms with van der Waals surface area (Å²) in [5.74, 6) is 0.582. The highest BCUT2D eigenvalue weighted by molar-refractivity contribution is 7.16. The minimum absolute atomic E-state index is 0.0905. The second-order valence-electron chi connectivity index (χ2n) is 9.36. The Morgan fingerprint density at radius 3 is 2.69 bits per heavy atom. The van der Waals surface area contributed by atoms with Crippen LogP contribution in [0.4, 0.5) is 10.8 Å². The molecule has 3 heterocycles. The highest BCUT2D eigenvalue weighted by atomic mass is 32.1. The van der Waals surface area contributed by atoms with E-state index in [0.29, 0.717) is 17.5 Å². The largest absolute Gasteiger partial charge is 0.374 e. The third-order valence-electron chi connectivity index (χ3n) is 6.77. The first-order chi connectivity index (χ1) is 16.9. The topological polar surface area (TPSA) is 74.3 Å². The Morgan fingerprint density at radius 1 is 1.20 bits per heavy atom. The number of nitrogens with one attached hydrogen (secondary N) is 2. The molecule has 3 aromatic rings. The minimum Gasteiger partial charge on any atom is -0.374 e. The molecule has 1 fully saturated rings. The zero-order valence-electron chi connectivity index (χ0n) is 20.8. The van der Waals surface area contributed by atoms with Crippen molar-refractivity contribution in [3.05, 3.63) is 64.0 Å². The number of nitrogens with zero attached hydrogens (tertiary/aromatic N) is 2. The number of carbonyl (C=O) groups is 2. The van der Waals surface area contributed by atoms with Crippen LogP contribution in [0, 0.1) is 19.8 Å². The van der Waals surface area contributed by atoms with Crippen LogP contribution in [0.1, 0.15) is 45.6 Å². The molecule has 1 amide bonds. The number of benzene rings is 2. The zero-order chi connectivity index (χ0) is 24.8. The number of aromatic nitrogens is 1. The Hall–Kier alpha value is -3.03. The maximum atomic E-state index is 12.4. The average molecular weight is 491 g/mol. The second-order valence-corrected chi connectivity index (χ2v) is 10.6. The van der Waals surface area contributed by atoms with Crippen LogP contribution >= 0.6 is 11.3 Å². The van der Waals surface area contributed by atoms with Crippen molar-refractivity contribution in [2.75, 3.05) is 36.9 Å². The molecule has 2 N–H and O–H groups in total. The van der Waals surface area contributed by atoms with Gasteiger partial charge in [0.1, 0.15) is 6.29 Å². The van der Waals surface area contributed by atoms with Gasteiger partial charge in [0.05, 0.1) is 5.69 Å². The molecule has 2 aliphatic heterocycles. The highest BCUT2D eigenvalue weighted by Crippen LogP contribution is 2.35. The number of hydrogen-bond acceptors (Lipinski definition) is 6. The summed E-state index contributed by atoms with van der Waals surface area (Å²) in [6.07, 6.45) is 4.72. The number of thiazole rings is 1. The minimum atomic E-state index is 0.0905. The molecular formula is C28H34N4O2S. The van der Waals surface area contributed by atoms with Crippen molar-refractivity contribution >= 4 is 34.3 Å². The maximum Gasteiger partial charge on any atom is 0.226 e. The number of aldehydes is 1. The Labute approximate surface area is 211 Å². The fourth-order valence-electron chi connectivity index (χ4n) is 4.67. The number of aryl methyl sites for hydroxylation is 2. The van der Waals surface area contributed by atoms with Crippen LogP contribution in [0.15, 0.2) is 42.5 Å². The van der Waals surface area contributed by atoms with E-state index in [1.54, 1.807) is 11.3 Å². The Kier molecular flexibility index (Phi) is 8.31. The molecule has 0 unspecified atom stereocenters. The van der Waals surface area contributed by atoms with E-state index in [2.05, 4.69) is 47.7 Å². The molecule has 184 valence electrons. The molecule has 5 rings (SSSR count). The van der Waals surface area contributed by atoms with Crippen molar-refractivity contribution in [1.29, 1.82) is 0 Å². The van der Waals surface area contributed by atoms with Gasteiger partial charge in [0.25, 0.3) is 0 Å². The zero-order valence-corrected chi connectivity index (χ0v) is 21.6. The molecule has 35 heavy (non-hydrogen) atoms. The number of carbonyl (C=O) groups excluding carboxylic acids is 2. The molecule has 2 aromatic carbocycles. The molecule has 0 aliphatic carbocycles.